The molecule has 3 aromatic carbocycles. The van der Waals surface area contributed by atoms with E-state index in [9.17, 15) is 0 Å². The normalized spacial score (nSPS) is 10.0. The molecule has 0 saturated heterocycles. The molecule has 0 fully saturated rings. The Labute approximate surface area is 183 Å². The first kappa shape index (κ1) is 21.0. The maximum atomic E-state index is 6.26. The molecule has 0 bridgehead atoms. The number of benzene rings is 3. The number of thiocarbonyl (C=S) groups is 1. The van der Waals surface area contributed by atoms with E-state index in [1.54, 1.807) is 6.07 Å². The van der Waals surface area contributed by atoms with Crippen LogP contribution in [0.4, 0.5) is 5.69 Å². The minimum Gasteiger partial charge on any atom is -0.195 e. The van der Waals surface area contributed by atoms with E-state index in [2.05, 4.69) is 77.5 Å². The number of rotatable bonds is 6. The van der Waals surface area contributed by atoms with Gasteiger partial charge in [-0.2, -0.15) is 4.99 Å². The van der Waals surface area contributed by atoms with Crippen molar-refractivity contribution >= 4 is 34.7 Å². The van der Waals surface area contributed by atoms with Crippen molar-refractivity contribution < 1.29 is 0 Å². The Morgan fingerprint density at radius 2 is 1.55 bits per heavy atom. The molecular weight excluding hydrogens is 394 g/mol. The van der Waals surface area contributed by atoms with Gasteiger partial charge in [0.25, 0.3) is 0 Å². The third kappa shape index (κ3) is 6.14. The summed E-state index contributed by atoms with van der Waals surface area (Å²) in [5.74, 6) is 6.29. The number of isothiocyanates is 1. The van der Waals surface area contributed by atoms with Gasteiger partial charge < -0.3 is 0 Å². The van der Waals surface area contributed by atoms with Crippen LogP contribution in [0, 0.1) is 11.8 Å². The van der Waals surface area contributed by atoms with E-state index in [-0.39, 0.29) is 0 Å². The van der Waals surface area contributed by atoms with E-state index in [1.165, 1.54) is 36.0 Å². The van der Waals surface area contributed by atoms with E-state index in [0.717, 1.165) is 17.5 Å². The van der Waals surface area contributed by atoms with Gasteiger partial charge in [0, 0.05) is 11.1 Å². The van der Waals surface area contributed by atoms with E-state index in [4.69, 9.17) is 11.6 Å². The number of hydrogen-bond acceptors (Lipinski definition) is 2. The molecule has 0 aliphatic rings. The second-order valence-corrected chi connectivity index (χ2v) is 7.44. The van der Waals surface area contributed by atoms with Gasteiger partial charge in [-0.3, -0.25) is 0 Å². The molecule has 0 saturated carbocycles. The number of halogens is 1. The van der Waals surface area contributed by atoms with Crippen LogP contribution < -0.4 is 0 Å². The highest BCUT2D eigenvalue weighted by molar-refractivity contribution is 7.78. The third-order valence-corrected chi connectivity index (χ3v) is 5.11. The van der Waals surface area contributed by atoms with Crippen LogP contribution in [0.15, 0.2) is 71.7 Å². The highest BCUT2D eigenvalue weighted by Gasteiger charge is 2.00. The van der Waals surface area contributed by atoms with Crippen molar-refractivity contribution in [2.24, 2.45) is 4.99 Å². The van der Waals surface area contributed by atoms with Crippen molar-refractivity contribution in [1.82, 2.24) is 0 Å². The Bertz CT molecular complexity index is 1070. The average molecular weight is 416 g/mol. The second-order valence-electron chi connectivity index (χ2n) is 6.85. The first-order valence-electron chi connectivity index (χ1n) is 9.78. The third-order valence-electron chi connectivity index (χ3n) is 4.71. The fraction of sp³-hybridized carbons (Fsp3) is 0.192. The Morgan fingerprint density at radius 1 is 0.862 bits per heavy atom. The number of hydrogen-bond donors (Lipinski definition) is 0. The molecule has 3 aromatic rings. The smallest absolute Gasteiger partial charge is 0.0755 e. The van der Waals surface area contributed by atoms with Gasteiger partial charge in [-0.1, -0.05) is 79.6 Å². The van der Waals surface area contributed by atoms with Gasteiger partial charge in [0.1, 0.15) is 0 Å². The number of unbranched alkanes of at least 4 members (excludes halogenated alkanes) is 2. The summed E-state index contributed by atoms with van der Waals surface area (Å²) in [7, 11) is 0. The minimum absolute atomic E-state index is 0.555. The molecule has 3 rings (SSSR count). The van der Waals surface area contributed by atoms with Crippen LogP contribution in [0.1, 0.15) is 42.9 Å². The molecule has 0 unspecified atom stereocenters. The number of nitrogens with zero attached hydrogens (tertiary/aromatic N) is 1. The predicted molar refractivity (Wildman–Crippen MR) is 127 cm³/mol. The summed E-state index contributed by atoms with van der Waals surface area (Å²) in [6.07, 6.45) is 4.97. The van der Waals surface area contributed by atoms with Gasteiger partial charge >= 0.3 is 0 Å². The fourth-order valence-corrected chi connectivity index (χ4v) is 3.38. The molecule has 0 heterocycles. The van der Waals surface area contributed by atoms with Crippen LogP contribution >= 0.6 is 23.8 Å². The van der Waals surface area contributed by atoms with Crippen LogP contribution in [-0.2, 0) is 6.42 Å². The summed E-state index contributed by atoms with van der Waals surface area (Å²) in [4.78, 5) is 3.92. The van der Waals surface area contributed by atoms with Crippen molar-refractivity contribution in [3.8, 4) is 23.0 Å². The zero-order valence-corrected chi connectivity index (χ0v) is 18.0. The lowest BCUT2D eigenvalue weighted by atomic mass is 10.0. The summed E-state index contributed by atoms with van der Waals surface area (Å²) in [6.45, 7) is 2.24. The van der Waals surface area contributed by atoms with Crippen LogP contribution in [0.3, 0.4) is 0 Å². The molecule has 0 amide bonds. The second kappa shape index (κ2) is 10.7. The molecule has 0 aliphatic carbocycles. The largest absolute Gasteiger partial charge is 0.195 e. The van der Waals surface area contributed by atoms with Gasteiger partial charge in [0.15, 0.2) is 0 Å². The number of aryl methyl sites for hydroxylation is 1. The first-order valence-corrected chi connectivity index (χ1v) is 10.6. The Kier molecular flexibility index (Phi) is 7.79. The lowest BCUT2D eigenvalue weighted by Gasteiger charge is -2.05. The highest BCUT2D eigenvalue weighted by Crippen LogP contribution is 2.23. The maximum Gasteiger partial charge on any atom is 0.0755 e. The Balaban J connectivity index is 1.70. The van der Waals surface area contributed by atoms with Gasteiger partial charge in [0.05, 0.1) is 15.9 Å². The molecule has 0 aromatic heterocycles. The predicted octanol–water partition coefficient (Wildman–Crippen LogP) is 7.87. The van der Waals surface area contributed by atoms with Gasteiger partial charge in [0.2, 0.25) is 0 Å². The zero-order chi connectivity index (χ0) is 20.5. The summed E-state index contributed by atoms with van der Waals surface area (Å²) in [5, 5.41) is 2.89. The van der Waals surface area contributed by atoms with Crippen LogP contribution in [0.25, 0.3) is 11.1 Å². The van der Waals surface area contributed by atoms with Gasteiger partial charge in [-0.15, -0.1) is 0 Å². The molecule has 0 radical (unpaired) electrons. The fourth-order valence-electron chi connectivity index (χ4n) is 3.06. The van der Waals surface area contributed by atoms with Gasteiger partial charge in [-0.05, 0) is 72.1 Å². The van der Waals surface area contributed by atoms with E-state index < -0.39 is 0 Å². The topological polar surface area (TPSA) is 12.4 Å². The molecule has 0 N–H and O–H groups in total. The SMILES string of the molecule is CCCCCc1ccc(-c2ccc(C#Cc3ccc(N=C=S)cc3Cl)cc2)cc1. The summed E-state index contributed by atoms with van der Waals surface area (Å²) < 4.78 is 0. The van der Waals surface area contributed by atoms with E-state index in [0.29, 0.717) is 10.7 Å². The van der Waals surface area contributed by atoms with Crippen molar-refractivity contribution in [3.05, 3.63) is 88.4 Å². The summed E-state index contributed by atoms with van der Waals surface area (Å²) >= 11 is 10.9. The monoisotopic (exact) mass is 415 g/mol. The van der Waals surface area contributed by atoms with Crippen molar-refractivity contribution in [1.29, 1.82) is 0 Å². The standard InChI is InChI=1S/C26H22ClNS/c1-2-3-4-5-20-6-11-22(12-7-20)23-13-8-21(9-14-23)10-15-24-16-17-25(28-19-29)18-26(24)27/h6-9,11-14,16-18H,2-5H2,1H3. The zero-order valence-electron chi connectivity index (χ0n) is 16.4. The van der Waals surface area contributed by atoms with Gasteiger partial charge in [-0.25, -0.2) is 0 Å². The molecule has 0 aliphatic heterocycles. The molecule has 1 nitrogen and oxygen atoms in total. The van der Waals surface area contributed by atoms with E-state index >= 15 is 0 Å². The number of aliphatic imine (C=N–C) groups is 1. The van der Waals surface area contributed by atoms with Crippen LogP contribution in [-0.4, -0.2) is 5.16 Å². The van der Waals surface area contributed by atoms with Crippen molar-refractivity contribution in [2.75, 3.05) is 0 Å². The maximum absolute atomic E-state index is 6.26. The van der Waals surface area contributed by atoms with Crippen LogP contribution in [0.2, 0.25) is 5.02 Å². The summed E-state index contributed by atoms with van der Waals surface area (Å²) in [6, 6.07) is 22.6. The molecule has 0 spiro atoms. The minimum atomic E-state index is 0.555. The Morgan fingerprint density at radius 3 is 2.17 bits per heavy atom. The molecule has 0 atom stereocenters. The highest BCUT2D eigenvalue weighted by atomic mass is 35.5. The summed E-state index contributed by atoms with van der Waals surface area (Å²) in [5.41, 5.74) is 6.21. The van der Waals surface area contributed by atoms with Crippen molar-refractivity contribution in [2.45, 2.75) is 32.6 Å². The average Bonchev–Trinajstić information content (AvgIpc) is 2.75. The molecule has 29 heavy (non-hydrogen) atoms. The Hall–Kier alpha value is -2.69. The quantitative estimate of drug-likeness (QED) is 0.172. The van der Waals surface area contributed by atoms with E-state index in [1.807, 2.05) is 24.3 Å². The lowest BCUT2D eigenvalue weighted by molar-refractivity contribution is 0.717. The van der Waals surface area contributed by atoms with Crippen LogP contribution in [0.5, 0.6) is 0 Å². The molecule has 3 heteroatoms. The lowest BCUT2D eigenvalue weighted by Crippen LogP contribution is -1.86. The molecular formula is C26H22ClNS. The molecule has 144 valence electrons. The first-order chi connectivity index (χ1) is 14.2. The van der Waals surface area contributed by atoms with Crippen molar-refractivity contribution in [3.63, 3.8) is 0 Å².